The first-order valence-electron chi connectivity index (χ1n) is 10.5. The first-order valence-corrected chi connectivity index (χ1v) is 10.9. The van der Waals surface area contributed by atoms with Crippen molar-refractivity contribution >= 4 is 35.1 Å². The number of hydrazine groups is 1. The average Bonchev–Trinajstić information content (AvgIpc) is 3.03. The second-order valence-electron chi connectivity index (χ2n) is 8.30. The molecule has 32 heavy (non-hydrogen) atoms. The lowest BCUT2D eigenvalue weighted by Gasteiger charge is -2.30. The van der Waals surface area contributed by atoms with Gasteiger partial charge in [-0.15, -0.1) is 0 Å². The molecule has 1 aliphatic carbocycles. The molecule has 2 aromatic carbocycles. The molecule has 1 fully saturated rings. The first-order chi connectivity index (χ1) is 15.3. The van der Waals surface area contributed by atoms with Crippen LogP contribution in [0, 0.1) is 24.7 Å². The van der Waals surface area contributed by atoms with E-state index in [-0.39, 0.29) is 17.3 Å². The fourth-order valence-corrected chi connectivity index (χ4v) is 4.44. The normalized spacial score (nSPS) is 22.1. The monoisotopic (exact) mass is 450 g/mol. The Kier molecular flexibility index (Phi) is 5.98. The van der Waals surface area contributed by atoms with Gasteiger partial charge in [0.25, 0.3) is 17.7 Å². The summed E-state index contributed by atoms with van der Waals surface area (Å²) in [6.45, 7) is 3.36. The average molecular weight is 451 g/mol. The third kappa shape index (κ3) is 3.98. The van der Waals surface area contributed by atoms with Gasteiger partial charge in [0.15, 0.2) is 5.78 Å². The Morgan fingerprint density at radius 2 is 1.62 bits per heavy atom. The molecule has 7 heteroatoms. The van der Waals surface area contributed by atoms with Crippen LogP contribution in [0.15, 0.2) is 60.7 Å². The molecule has 3 amide bonds. The highest BCUT2D eigenvalue weighted by Crippen LogP contribution is 2.39. The molecule has 0 saturated carbocycles. The zero-order chi connectivity index (χ0) is 23.0. The molecule has 0 aromatic heterocycles. The summed E-state index contributed by atoms with van der Waals surface area (Å²) in [5.41, 5.74) is 1.62. The van der Waals surface area contributed by atoms with Gasteiger partial charge in [0, 0.05) is 16.1 Å². The molecule has 4 rings (SSSR count). The number of ketones is 1. The van der Waals surface area contributed by atoms with E-state index in [1.165, 1.54) is 12.1 Å². The van der Waals surface area contributed by atoms with Gasteiger partial charge in [-0.3, -0.25) is 19.2 Å². The molecular weight excluding hydrogens is 428 g/mol. The van der Waals surface area contributed by atoms with E-state index in [4.69, 9.17) is 11.6 Å². The number of Topliss-reactive ketones (excluding diaryl/α,β-unsaturated/α-hetero) is 1. The molecule has 1 saturated heterocycles. The second kappa shape index (κ2) is 8.71. The smallest absolute Gasteiger partial charge is 0.273 e. The minimum Gasteiger partial charge on any atom is -0.292 e. The number of allylic oxidation sites excluding steroid dienone is 2. The number of aryl methyl sites for hydroxylation is 1. The number of hydrogen-bond acceptors (Lipinski definition) is 4. The zero-order valence-electron chi connectivity index (χ0n) is 17.8. The number of amides is 3. The number of nitrogens with zero attached hydrogens (tertiary/aromatic N) is 2. The number of fused-ring (bicyclic) bond motifs is 1. The minimum atomic E-state index is -0.608. The first kappa shape index (κ1) is 22.0. The predicted molar refractivity (Wildman–Crippen MR) is 120 cm³/mol. The molecule has 164 valence electrons. The van der Waals surface area contributed by atoms with E-state index in [1.54, 1.807) is 36.4 Å². The summed E-state index contributed by atoms with van der Waals surface area (Å²) in [6, 6.07) is 13.1. The van der Waals surface area contributed by atoms with Gasteiger partial charge in [-0.25, -0.2) is 5.01 Å². The van der Waals surface area contributed by atoms with Crippen molar-refractivity contribution in [2.24, 2.45) is 17.8 Å². The van der Waals surface area contributed by atoms with Crippen LogP contribution < -0.4 is 0 Å². The molecule has 3 atom stereocenters. The Hall–Kier alpha value is -3.25. The summed E-state index contributed by atoms with van der Waals surface area (Å²) in [5.74, 6) is -3.07. The number of carbonyl (C=O) groups is 4. The van der Waals surface area contributed by atoms with Crippen molar-refractivity contribution in [3.05, 3.63) is 82.4 Å². The summed E-state index contributed by atoms with van der Waals surface area (Å²) in [6.07, 6.45) is 4.24. The Morgan fingerprint density at radius 3 is 2.25 bits per heavy atom. The van der Waals surface area contributed by atoms with Gasteiger partial charge in [-0.05, 0) is 43.5 Å². The lowest BCUT2D eigenvalue weighted by Crippen LogP contribution is -2.52. The van der Waals surface area contributed by atoms with Crippen molar-refractivity contribution in [1.29, 1.82) is 0 Å². The SMILES string of the molecule is Cc1ccc(C(=O)CN(C(=O)c2ccc(Cl)cc2)N2C(=O)[C@H]3[C@H](C)C=CC[C@H]3C2=O)cc1. The lowest BCUT2D eigenvalue weighted by atomic mass is 9.78. The van der Waals surface area contributed by atoms with Crippen LogP contribution in [0.25, 0.3) is 0 Å². The number of halogens is 1. The maximum absolute atomic E-state index is 13.4. The van der Waals surface area contributed by atoms with Crippen LogP contribution in [0.2, 0.25) is 5.02 Å². The molecule has 1 aliphatic heterocycles. The van der Waals surface area contributed by atoms with Crippen LogP contribution in [-0.4, -0.2) is 40.1 Å². The van der Waals surface area contributed by atoms with E-state index in [0.717, 1.165) is 15.6 Å². The van der Waals surface area contributed by atoms with Gasteiger partial charge in [-0.1, -0.05) is 60.5 Å². The Morgan fingerprint density at radius 1 is 1.00 bits per heavy atom. The van der Waals surface area contributed by atoms with E-state index in [1.807, 2.05) is 26.0 Å². The number of imide groups is 1. The van der Waals surface area contributed by atoms with Crippen LogP contribution >= 0.6 is 11.6 Å². The Bertz CT molecular complexity index is 1110. The van der Waals surface area contributed by atoms with E-state index in [2.05, 4.69) is 0 Å². The number of carbonyl (C=O) groups excluding carboxylic acids is 4. The molecule has 1 heterocycles. The van der Waals surface area contributed by atoms with Gasteiger partial charge in [0.05, 0.1) is 11.8 Å². The van der Waals surface area contributed by atoms with E-state index >= 15 is 0 Å². The third-order valence-corrected chi connectivity index (χ3v) is 6.34. The highest BCUT2D eigenvalue weighted by atomic mass is 35.5. The summed E-state index contributed by atoms with van der Waals surface area (Å²) >= 11 is 5.94. The molecule has 0 spiro atoms. The van der Waals surface area contributed by atoms with Crippen LogP contribution in [0.1, 0.15) is 39.6 Å². The van der Waals surface area contributed by atoms with Gasteiger partial charge < -0.3 is 0 Å². The summed E-state index contributed by atoms with van der Waals surface area (Å²) in [5, 5.41) is 2.33. The molecule has 0 radical (unpaired) electrons. The zero-order valence-corrected chi connectivity index (χ0v) is 18.6. The van der Waals surface area contributed by atoms with Gasteiger partial charge in [-0.2, -0.15) is 5.01 Å². The molecule has 6 nitrogen and oxygen atoms in total. The number of hydrogen-bond donors (Lipinski definition) is 0. The van der Waals surface area contributed by atoms with Crippen molar-refractivity contribution < 1.29 is 19.2 Å². The maximum atomic E-state index is 13.4. The topological polar surface area (TPSA) is 74.8 Å². The predicted octanol–water partition coefficient (Wildman–Crippen LogP) is 4.09. The largest absolute Gasteiger partial charge is 0.292 e. The highest BCUT2D eigenvalue weighted by molar-refractivity contribution is 6.30. The molecular formula is C25H23ClN2O4. The van der Waals surface area contributed by atoms with Crippen LogP contribution in [0.5, 0.6) is 0 Å². The summed E-state index contributed by atoms with van der Waals surface area (Å²) < 4.78 is 0. The quantitative estimate of drug-likeness (QED) is 0.390. The minimum absolute atomic E-state index is 0.129. The maximum Gasteiger partial charge on any atom is 0.273 e. The molecule has 2 aliphatic rings. The summed E-state index contributed by atoms with van der Waals surface area (Å²) in [4.78, 5) is 53.0. The Labute approximate surface area is 191 Å². The van der Waals surface area contributed by atoms with Gasteiger partial charge >= 0.3 is 0 Å². The fraction of sp³-hybridized carbons (Fsp3) is 0.280. The summed E-state index contributed by atoms with van der Waals surface area (Å²) in [7, 11) is 0. The van der Waals surface area contributed by atoms with E-state index in [0.29, 0.717) is 17.0 Å². The van der Waals surface area contributed by atoms with Crippen molar-refractivity contribution in [3.63, 3.8) is 0 Å². The van der Waals surface area contributed by atoms with E-state index in [9.17, 15) is 19.2 Å². The van der Waals surface area contributed by atoms with Crippen molar-refractivity contribution in [3.8, 4) is 0 Å². The second-order valence-corrected chi connectivity index (χ2v) is 8.74. The molecule has 2 aromatic rings. The fourth-order valence-electron chi connectivity index (χ4n) is 4.31. The van der Waals surface area contributed by atoms with Crippen LogP contribution in [0.3, 0.4) is 0 Å². The third-order valence-electron chi connectivity index (χ3n) is 6.08. The van der Waals surface area contributed by atoms with E-state index < -0.39 is 36.1 Å². The molecule has 0 bridgehead atoms. The van der Waals surface area contributed by atoms with Gasteiger partial charge in [0.2, 0.25) is 0 Å². The van der Waals surface area contributed by atoms with Crippen LogP contribution in [0.4, 0.5) is 0 Å². The van der Waals surface area contributed by atoms with Crippen LogP contribution in [-0.2, 0) is 9.59 Å². The highest BCUT2D eigenvalue weighted by Gasteiger charge is 2.53. The van der Waals surface area contributed by atoms with Crippen molar-refractivity contribution in [1.82, 2.24) is 10.0 Å². The van der Waals surface area contributed by atoms with Crippen molar-refractivity contribution in [2.45, 2.75) is 20.3 Å². The molecule has 0 unspecified atom stereocenters. The number of benzene rings is 2. The standard InChI is InChI=1S/C25H23ClN2O4/c1-15-6-8-17(9-7-15)21(29)14-27(23(30)18-10-12-19(26)13-11-18)28-24(31)20-5-3-4-16(2)22(20)25(28)32/h3-4,6-13,16,20,22H,5,14H2,1-2H3/t16-,20-,22+/m1/s1. The molecule has 0 N–H and O–H groups in total. The van der Waals surface area contributed by atoms with Crippen molar-refractivity contribution in [2.75, 3.05) is 6.54 Å². The van der Waals surface area contributed by atoms with Gasteiger partial charge in [0.1, 0.15) is 6.54 Å². The lowest BCUT2D eigenvalue weighted by molar-refractivity contribution is -0.154. The number of rotatable bonds is 5. The Balaban J connectivity index is 1.70.